The van der Waals surface area contributed by atoms with Gasteiger partial charge in [0.25, 0.3) is 0 Å². The first-order chi connectivity index (χ1) is 17.9. The number of halogens is 1. The van der Waals surface area contributed by atoms with E-state index in [0.29, 0.717) is 22.9 Å². The van der Waals surface area contributed by atoms with E-state index in [9.17, 15) is 4.39 Å². The summed E-state index contributed by atoms with van der Waals surface area (Å²) in [4.78, 5) is 26.8. The third-order valence-electron chi connectivity index (χ3n) is 6.65. The molecule has 1 saturated heterocycles. The van der Waals surface area contributed by atoms with Crippen LogP contribution in [0.25, 0.3) is 22.4 Å². The highest BCUT2D eigenvalue weighted by Crippen LogP contribution is 2.30. The van der Waals surface area contributed by atoms with Gasteiger partial charge in [-0.3, -0.25) is 4.90 Å². The summed E-state index contributed by atoms with van der Waals surface area (Å²) < 4.78 is 22.3. The summed E-state index contributed by atoms with van der Waals surface area (Å²) in [6.07, 6.45) is 4.71. The molecule has 0 saturated carbocycles. The lowest BCUT2D eigenvalue weighted by atomic mass is 10.2. The van der Waals surface area contributed by atoms with Crippen LogP contribution in [0.5, 0.6) is 5.88 Å². The first kappa shape index (κ1) is 25.0. The van der Waals surface area contributed by atoms with Crippen LogP contribution >= 0.6 is 0 Å². The highest BCUT2D eigenvalue weighted by molar-refractivity contribution is 5.84. The molecular weight excluding hydrogens is 473 g/mol. The van der Waals surface area contributed by atoms with Gasteiger partial charge in [-0.2, -0.15) is 0 Å². The van der Waals surface area contributed by atoms with Crippen LogP contribution in [-0.2, 0) is 6.54 Å². The molecule has 0 bridgehead atoms. The first-order valence-electron chi connectivity index (χ1n) is 12.6. The minimum Gasteiger partial charge on any atom is -0.479 e. The lowest BCUT2D eigenvalue weighted by Gasteiger charge is -2.33. The molecule has 4 aromatic rings. The number of nitrogens with one attached hydrogen (secondary N) is 1. The van der Waals surface area contributed by atoms with Gasteiger partial charge in [-0.25, -0.2) is 29.3 Å². The van der Waals surface area contributed by atoms with Gasteiger partial charge in [-0.15, -0.1) is 0 Å². The van der Waals surface area contributed by atoms with Crippen molar-refractivity contribution in [1.29, 1.82) is 0 Å². The maximum Gasteiger partial charge on any atom is 0.242 e. The number of anilines is 2. The Hall–Kier alpha value is -3.70. The van der Waals surface area contributed by atoms with Gasteiger partial charge >= 0.3 is 0 Å². The number of pyridine rings is 2. The monoisotopic (exact) mass is 505 g/mol. The topological polar surface area (TPSA) is 97.1 Å². The molecule has 0 amide bonds. The highest BCUT2D eigenvalue weighted by Gasteiger charge is 2.19. The van der Waals surface area contributed by atoms with Crippen LogP contribution in [0, 0.1) is 5.82 Å². The normalized spacial score (nSPS) is 15.0. The Morgan fingerprint density at radius 3 is 2.49 bits per heavy atom. The molecule has 1 fully saturated rings. The summed E-state index contributed by atoms with van der Waals surface area (Å²) in [5, 5.41) is 3.08. The van der Waals surface area contributed by atoms with E-state index in [-0.39, 0.29) is 17.7 Å². The zero-order chi connectivity index (χ0) is 25.9. The lowest BCUT2D eigenvalue weighted by molar-refractivity contribution is 0.132. The molecule has 0 unspecified atom stereocenters. The second-order valence-corrected chi connectivity index (χ2v) is 9.41. The Kier molecular flexibility index (Phi) is 7.24. The number of imidazole rings is 1. The zero-order valence-electron chi connectivity index (χ0n) is 21.6. The molecule has 37 heavy (non-hydrogen) atoms. The van der Waals surface area contributed by atoms with Gasteiger partial charge in [0.1, 0.15) is 11.5 Å². The molecule has 0 aliphatic carbocycles. The number of methoxy groups -OCH3 is 1. The van der Waals surface area contributed by atoms with Crippen molar-refractivity contribution in [3.8, 4) is 17.3 Å². The summed E-state index contributed by atoms with van der Waals surface area (Å²) in [5.74, 6) is 0.538. The summed E-state index contributed by atoms with van der Waals surface area (Å²) in [7, 11) is 1.52. The number of nitrogens with zero attached hydrogens (tertiary/aromatic N) is 8. The fourth-order valence-corrected chi connectivity index (χ4v) is 4.51. The molecular formula is C26H32FN9O. The van der Waals surface area contributed by atoms with Crippen molar-refractivity contribution in [2.24, 2.45) is 0 Å². The predicted octanol–water partition coefficient (Wildman–Crippen LogP) is 3.89. The average molecular weight is 506 g/mol. The smallest absolute Gasteiger partial charge is 0.242 e. The fraction of sp³-hybridized carbons (Fsp3) is 0.423. The number of likely N-dealkylation sites (N-methyl/N-ethyl adjacent to an activating group) is 1. The summed E-state index contributed by atoms with van der Waals surface area (Å²) >= 11 is 0. The average Bonchev–Trinajstić information content (AvgIpc) is 3.35. The van der Waals surface area contributed by atoms with E-state index >= 15 is 0 Å². The highest BCUT2D eigenvalue weighted by atomic mass is 19.1. The van der Waals surface area contributed by atoms with E-state index in [4.69, 9.17) is 4.74 Å². The maximum atomic E-state index is 14.9. The van der Waals surface area contributed by atoms with Crippen molar-refractivity contribution < 1.29 is 9.13 Å². The Bertz CT molecular complexity index is 1360. The molecule has 0 radical (unpaired) electrons. The van der Waals surface area contributed by atoms with Crippen molar-refractivity contribution >= 4 is 22.8 Å². The Morgan fingerprint density at radius 1 is 1.03 bits per heavy atom. The molecule has 10 nitrogen and oxygen atoms in total. The second-order valence-electron chi connectivity index (χ2n) is 9.41. The molecule has 0 spiro atoms. The van der Waals surface area contributed by atoms with Crippen LogP contribution in [0.3, 0.4) is 0 Å². The summed E-state index contributed by atoms with van der Waals surface area (Å²) in [6, 6.07) is 5.86. The van der Waals surface area contributed by atoms with E-state index in [2.05, 4.69) is 47.0 Å². The maximum absolute atomic E-state index is 14.9. The third-order valence-corrected chi connectivity index (χ3v) is 6.65. The number of hydrogen-bond acceptors (Lipinski definition) is 9. The number of ether oxygens (including phenoxy) is 1. The van der Waals surface area contributed by atoms with E-state index in [1.807, 2.05) is 36.7 Å². The quantitative estimate of drug-likeness (QED) is 0.382. The van der Waals surface area contributed by atoms with Gasteiger partial charge in [-0.05, 0) is 38.1 Å². The van der Waals surface area contributed by atoms with Crippen molar-refractivity contribution in [3.05, 3.63) is 48.3 Å². The SMILES string of the molecule is CCN1CCN(Cc2ccc(Nc3ncc(F)c(-c4cc5c(ncn5C(C)C)c(OC)n4)n3)nc2)CC1. The lowest BCUT2D eigenvalue weighted by Crippen LogP contribution is -2.45. The number of hydrogen-bond donors (Lipinski definition) is 1. The standard InChI is InChI=1S/C26H32FN9O/c1-5-34-8-10-35(11-9-34)15-18-6-7-22(28-13-18)32-26-29-14-19(27)23(33-26)20-12-21-24(25(31-20)37-4)30-16-36(21)17(2)3/h6-7,12-14,16-17H,5,8-11,15H2,1-4H3,(H,28,29,32,33). The van der Waals surface area contributed by atoms with E-state index in [1.54, 1.807) is 12.4 Å². The molecule has 11 heteroatoms. The molecule has 5 heterocycles. The largest absolute Gasteiger partial charge is 0.479 e. The molecule has 0 aromatic carbocycles. The van der Waals surface area contributed by atoms with Crippen molar-refractivity contribution in [3.63, 3.8) is 0 Å². The van der Waals surface area contributed by atoms with E-state index in [1.165, 1.54) is 7.11 Å². The van der Waals surface area contributed by atoms with Gasteiger partial charge < -0.3 is 19.5 Å². The molecule has 1 N–H and O–H groups in total. The Balaban J connectivity index is 1.35. The Labute approximate surface area is 215 Å². The van der Waals surface area contributed by atoms with Gasteiger partial charge in [0.05, 0.1) is 30.8 Å². The van der Waals surface area contributed by atoms with Gasteiger partial charge in [-0.1, -0.05) is 13.0 Å². The molecule has 1 aliphatic heterocycles. The van der Waals surface area contributed by atoms with Crippen molar-refractivity contribution in [2.45, 2.75) is 33.4 Å². The molecule has 5 rings (SSSR count). The summed E-state index contributed by atoms with van der Waals surface area (Å²) in [5.41, 5.74) is 2.95. The minimum atomic E-state index is -0.582. The van der Waals surface area contributed by atoms with Gasteiger partial charge in [0.2, 0.25) is 11.8 Å². The molecule has 194 valence electrons. The van der Waals surface area contributed by atoms with Crippen LogP contribution in [0.2, 0.25) is 0 Å². The van der Waals surface area contributed by atoms with Crippen molar-refractivity contribution in [2.75, 3.05) is 45.2 Å². The number of fused-ring (bicyclic) bond motifs is 1. The third kappa shape index (κ3) is 5.37. The Morgan fingerprint density at radius 2 is 1.81 bits per heavy atom. The fourth-order valence-electron chi connectivity index (χ4n) is 4.51. The summed E-state index contributed by atoms with van der Waals surface area (Å²) in [6.45, 7) is 12.6. The van der Waals surface area contributed by atoms with Crippen LogP contribution in [0.15, 0.2) is 36.9 Å². The van der Waals surface area contributed by atoms with Gasteiger partial charge in [0, 0.05) is 45.0 Å². The van der Waals surface area contributed by atoms with E-state index < -0.39 is 5.82 Å². The van der Waals surface area contributed by atoms with Gasteiger partial charge in [0.15, 0.2) is 11.3 Å². The molecule has 4 aromatic heterocycles. The second kappa shape index (κ2) is 10.7. The van der Waals surface area contributed by atoms with Crippen LogP contribution in [0.4, 0.5) is 16.2 Å². The van der Waals surface area contributed by atoms with Crippen LogP contribution < -0.4 is 10.1 Å². The number of piperazine rings is 1. The van der Waals surface area contributed by atoms with E-state index in [0.717, 1.165) is 56.5 Å². The molecule has 0 atom stereocenters. The molecule has 1 aliphatic rings. The number of rotatable bonds is 8. The minimum absolute atomic E-state index is 0.0667. The zero-order valence-corrected chi connectivity index (χ0v) is 21.6. The van der Waals surface area contributed by atoms with Crippen LogP contribution in [-0.4, -0.2) is 79.1 Å². The van der Waals surface area contributed by atoms with Crippen molar-refractivity contribution in [1.82, 2.24) is 39.3 Å². The predicted molar refractivity (Wildman–Crippen MR) is 140 cm³/mol. The first-order valence-corrected chi connectivity index (χ1v) is 12.6. The van der Waals surface area contributed by atoms with Crippen LogP contribution in [0.1, 0.15) is 32.4 Å². The number of aromatic nitrogens is 6.